The van der Waals surface area contributed by atoms with Crippen LogP contribution in [0.25, 0.3) is 10.9 Å². The van der Waals surface area contributed by atoms with Crippen molar-refractivity contribution in [2.45, 2.75) is 13.0 Å². The van der Waals surface area contributed by atoms with Crippen molar-refractivity contribution in [1.82, 2.24) is 24.3 Å². The molecule has 2 aliphatic rings. The Kier molecular flexibility index (Phi) is 7.07. The normalized spacial score (nSPS) is 18.0. The van der Waals surface area contributed by atoms with E-state index in [1.165, 1.54) is 6.33 Å². The van der Waals surface area contributed by atoms with Crippen LogP contribution >= 0.6 is 11.6 Å². The number of fused-ring (bicyclic) bond motifs is 1. The Balaban J connectivity index is 1.33. The van der Waals surface area contributed by atoms with Gasteiger partial charge >= 0.3 is 0 Å². The van der Waals surface area contributed by atoms with Crippen molar-refractivity contribution in [1.29, 1.82) is 0 Å². The number of nitrogens with zero attached hydrogens (tertiary/aromatic N) is 5. The van der Waals surface area contributed by atoms with Gasteiger partial charge in [0.1, 0.15) is 5.88 Å². The topological polar surface area (TPSA) is 90.8 Å². The summed E-state index contributed by atoms with van der Waals surface area (Å²) in [5.41, 5.74) is 1.07. The van der Waals surface area contributed by atoms with Crippen LogP contribution in [0.2, 0.25) is 0 Å². The molecule has 3 heterocycles. The van der Waals surface area contributed by atoms with E-state index < -0.39 is 0 Å². The molecule has 0 bridgehead atoms. The number of hydrogen-bond donors (Lipinski definition) is 1. The second-order valence-corrected chi connectivity index (χ2v) is 8.94. The number of carbonyl (C=O) groups excluding carboxylic acids is 2. The standard InChI is InChI=1S/C22H29ClN6O3/c1-26-6-8-27(9-7-26)5-4-20(30)25-17-2-3-18-19(10-17)24-15-29(22(18)32)14-16-12-28(13-16)21(31)11-23/h2-3,10,15-16H,4-9,11-14H2,1H3,(H,25,30). The molecule has 0 unspecified atom stereocenters. The van der Waals surface area contributed by atoms with E-state index in [9.17, 15) is 14.4 Å². The minimum Gasteiger partial charge on any atom is -0.341 e. The van der Waals surface area contributed by atoms with Gasteiger partial charge in [-0.25, -0.2) is 4.98 Å². The Morgan fingerprint density at radius 2 is 1.94 bits per heavy atom. The average molecular weight is 461 g/mol. The predicted octanol–water partition coefficient (Wildman–Crippen LogP) is 0.670. The lowest BCUT2D eigenvalue weighted by atomic mass is 10.00. The molecule has 1 aromatic heterocycles. The van der Waals surface area contributed by atoms with E-state index in [1.54, 1.807) is 27.7 Å². The van der Waals surface area contributed by atoms with Gasteiger partial charge in [-0.15, -0.1) is 11.6 Å². The molecule has 0 saturated carbocycles. The minimum absolute atomic E-state index is 0.0150. The summed E-state index contributed by atoms with van der Waals surface area (Å²) >= 11 is 5.57. The summed E-state index contributed by atoms with van der Waals surface area (Å²) < 4.78 is 1.59. The molecule has 0 radical (unpaired) electrons. The number of likely N-dealkylation sites (N-methyl/N-ethyl adjacent to an activating group) is 1. The predicted molar refractivity (Wildman–Crippen MR) is 124 cm³/mol. The van der Waals surface area contributed by atoms with Crippen LogP contribution in [0.4, 0.5) is 5.69 Å². The van der Waals surface area contributed by atoms with Crippen molar-refractivity contribution >= 4 is 40.0 Å². The monoisotopic (exact) mass is 460 g/mol. The van der Waals surface area contributed by atoms with E-state index in [0.717, 1.165) is 32.7 Å². The van der Waals surface area contributed by atoms with Gasteiger partial charge < -0.3 is 20.0 Å². The molecule has 2 saturated heterocycles. The summed E-state index contributed by atoms with van der Waals surface area (Å²) in [5.74, 6) is 0.0829. The summed E-state index contributed by atoms with van der Waals surface area (Å²) in [6.45, 7) is 6.49. The highest BCUT2D eigenvalue weighted by Crippen LogP contribution is 2.19. The Hall–Kier alpha value is -2.49. The quantitative estimate of drug-likeness (QED) is 0.611. The van der Waals surface area contributed by atoms with Crippen molar-refractivity contribution in [2.75, 3.05) is 64.1 Å². The average Bonchev–Trinajstić information content (AvgIpc) is 2.76. The molecular formula is C22H29ClN6O3. The van der Waals surface area contributed by atoms with E-state index in [1.807, 2.05) is 0 Å². The minimum atomic E-state index is -0.120. The van der Waals surface area contributed by atoms with Crippen molar-refractivity contribution in [3.63, 3.8) is 0 Å². The van der Waals surface area contributed by atoms with Gasteiger partial charge in [0.05, 0.1) is 17.2 Å². The number of piperazine rings is 1. The van der Waals surface area contributed by atoms with Crippen LogP contribution in [0.3, 0.4) is 0 Å². The fourth-order valence-corrected chi connectivity index (χ4v) is 4.34. The Labute approximate surface area is 191 Å². The molecule has 2 aliphatic heterocycles. The maximum absolute atomic E-state index is 12.8. The zero-order valence-electron chi connectivity index (χ0n) is 18.3. The summed E-state index contributed by atoms with van der Waals surface area (Å²) in [4.78, 5) is 47.4. The van der Waals surface area contributed by atoms with Gasteiger partial charge in [0, 0.05) is 70.4 Å². The highest BCUT2D eigenvalue weighted by Gasteiger charge is 2.30. The molecule has 2 fully saturated rings. The zero-order valence-corrected chi connectivity index (χ0v) is 19.1. The number of hydrogen-bond acceptors (Lipinski definition) is 6. The Morgan fingerprint density at radius 3 is 2.66 bits per heavy atom. The van der Waals surface area contributed by atoms with Gasteiger partial charge in [-0.05, 0) is 25.2 Å². The number of alkyl halides is 1. The largest absolute Gasteiger partial charge is 0.341 e. The van der Waals surface area contributed by atoms with Crippen LogP contribution in [0.5, 0.6) is 0 Å². The number of amides is 2. The van der Waals surface area contributed by atoms with Crippen LogP contribution < -0.4 is 10.9 Å². The van der Waals surface area contributed by atoms with Crippen LogP contribution in [0, 0.1) is 5.92 Å². The van der Waals surface area contributed by atoms with Gasteiger partial charge in [-0.1, -0.05) is 0 Å². The first kappa shape index (κ1) is 22.7. The summed E-state index contributed by atoms with van der Waals surface area (Å²) in [5, 5.41) is 3.42. The number of benzene rings is 1. The third kappa shape index (κ3) is 5.28. The number of aromatic nitrogens is 2. The molecule has 0 spiro atoms. The number of nitrogens with one attached hydrogen (secondary N) is 1. The van der Waals surface area contributed by atoms with Crippen LogP contribution in [-0.4, -0.2) is 94.8 Å². The molecule has 172 valence electrons. The van der Waals surface area contributed by atoms with E-state index in [-0.39, 0.29) is 29.2 Å². The first-order chi connectivity index (χ1) is 15.4. The number of carbonyl (C=O) groups is 2. The lowest BCUT2D eigenvalue weighted by Gasteiger charge is -2.39. The van der Waals surface area contributed by atoms with E-state index in [4.69, 9.17) is 11.6 Å². The van der Waals surface area contributed by atoms with Crippen molar-refractivity contribution in [2.24, 2.45) is 5.92 Å². The molecule has 10 heteroatoms. The summed E-state index contributed by atoms with van der Waals surface area (Å²) in [6.07, 6.45) is 1.97. The molecule has 0 atom stereocenters. The lowest BCUT2D eigenvalue weighted by molar-refractivity contribution is -0.135. The molecular weight excluding hydrogens is 432 g/mol. The van der Waals surface area contributed by atoms with E-state index >= 15 is 0 Å². The summed E-state index contributed by atoms with van der Waals surface area (Å²) in [7, 11) is 2.11. The Bertz CT molecular complexity index is 1040. The van der Waals surface area contributed by atoms with Crippen LogP contribution in [-0.2, 0) is 16.1 Å². The molecule has 2 aromatic rings. The highest BCUT2D eigenvalue weighted by molar-refractivity contribution is 6.27. The number of rotatable bonds is 7. The lowest BCUT2D eigenvalue weighted by Crippen LogP contribution is -2.52. The van der Waals surface area contributed by atoms with Crippen molar-refractivity contribution in [3.8, 4) is 0 Å². The van der Waals surface area contributed by atoms with Crippen molar-refractivity contribution in [3.05, 3.63) is 34.9 Å². The van der Waals surface area contributed by atoms with Crippen molar-refractivity contribution < 1.29 is 9.59 Å². The maximum atomic E-state index is 12.8. The van der Waals surface area contributed by atoms with Gasteiger partial charge in [-0.2, -0.15) is 0 Å². The highest BCUT2D eigenvalue weighted by atomic mass is 35.5. The number of likely N-dealkylation sites (tertiary alicyclic amines) is 1. The van der Waals surface area contributed by atoms with Crippen LogP contribution in [0.1, 0.15) is 6.42 Å². The van der Waals surface area contributed by atoms with E-state index in [0.29, 0.717) is 42.6 Å². The van der Waals surface area contributed by atoms with E-state index in [2.05, 4.69) is 27.1 Å². The molecule has 32 heavy (non-hydrogen) atoms. The van der Waals surface area contributed by atoms with Gasteiger partial charge in [0.15, 0.2) is 0 Å². The second kappa shape index (κ2) is 9.97. The SMILES string of the molecule is CN1CCN(CCC(=O)Nc2ccc3c(=O)n(CC4CN(C(=O)CCl)C4)cnc3c2)CC1. The molecule has 9 nitrogen and oxygen atoms in total. The second-order valence-electron chi connectivity index (χ2n) is 8.68. The van der Waals surface area contributed by atoms with Crippen LogP contribution in [0.15, 0.2) is 29.3 Å². The number of anilines is 1. The van der Waals surface area contributed by atoms with Gasteiger partial charge in [0.25, 0.3) is 5.56 Å². The maximum Gasteiger partial charge on any atom is 0.261 e. The first-order valence-corrected chi connectivity index (χ1v) is 11.5. The molecule has 2 amide bonds. The van der Waals surface area contributed by atoms with Gasteiger partial charge in [0.2, 0.25) is 11.8 Å². The molecule has 1 aromatic carbocycles. The molecule has 4 rings (SSSR count). The first-order valence-electron chi connectivity index (χ1n) is 11.0. The fourth-order valence-electron chi connectivity index (χ4n) is 4.17. The zero-order chi connectivity index (χ0) is 22.7. The molecule has 0 aliphatic carbocycles. The third-order valence-corrected chi connectivity index (χ3v) is 6.47. The van der Waals surface area contributed by atoms with Gasteiger partial charge in [-0.3, -0.25) is 19.0 Å². The Morgan fingerprint density at radius 1 is 1.19 bits per heavy atom. The number of halogens is 1. The summed E-state index contributed by atoms with van der Waals surface area (Å²) in [6, 6.07) is 5.19. The third-order valence-electron chi connectivity index (χ3n) is 6.24. The molecule has 1 N–H and O–H groups in total. The fraction of sp³-hybridized carbons (Fsp3) is 0.545. The smallest absolute Gasteiger partial charge is 0.261 e.